The molecule has 0 saturated heterocycles. The third kappa shape index (κ3) is 4.81. The number of aromatic hydroxyl groups is 1. The maximum atomic E-state index is 10.7. The number of hydrogen-bond donors (Lipinski definition) is 1. The van der Waals surface area contributed by atoms with E-state index in [1.165, 1.54) is 6.42 Å². The molecule has 21 heavy (non-hydrogen) atoms. The van der Waals surface area contributed by atoms with E-state index in [0.29, 0.717) is 5.75 Å². The van der Waals surface area contributed by atoms with E-state index in [9.17, 15) is 5.11 Å². The van der Waals surface area contributed by atoms with E-state index in [2.05, 4.69) is 53.4 Å². The Morgan fingerprint density at radius 1 is 1.00 bits per heavy atom. The molecule has 0 spiro atoms. The van der Waals surface area contributed by atoms with Crippen LogP contribution in [0.3, 0.4) is 0 Å². The smallest absolute Gasteiger partial charge is 0.123 e. The topological polar surface area (TPSA) is 20.2 Å². The van der Waals surface area contributed by atoms with Crippen molar-refractivity contribution < 1.29 is 5.11 Å². The van der Waals surface area contributed by atoms with Gasteiger partial charge in [-0.1, -0.05) is 66.2 Å². The van der Waals surface area contributed by atoms with Gasteiger partial charge in [-0.3, -0.25) is 0 Å². The summed E-state index contributed by atoms with van der Waals surface area (Å²) in [6.45, 7) is 12.9. The molecule has 0 bridgehead atoms. The van der Waals surface area contributed by atoms with E-state index in [1.807, 2.05) is 18.2 Å². The predicted molar refractivity (Wildman–Crippen MR) is 91.8 cm³/mol. The predicted octanol–water partition coefficient (Wildman–Crippen LogP) is 5.55. The first-order chi connectivity index (χ1) is 9.70. The largest absolute Gasteiger partial charge is 0.507 e. The van der Waals surface area contributed by atoms with Crippen molar-refractivity contribution in [3.63, 3.8) is 0 Å². The van der Waals surface area contributed by atoms with E-state index >= 15 is 0 Å². The van der Waals surface area contributed by atoms with Gasteiger partial charge in [0.15, 0.2) is 0 Å². The van der Waals surface area contributed by atoms with Gasteiger partial charge in [0.2, 0.25) is 0 Å². The average Bonchev–Trinajstić information content (AvgIpc) is 2.37. The third-order valence-electron chi connectivity index (χ3n) is 3.88. The summed E-state index contributed by atoms with van der Waals surface area (Å²) in [5.74, 6) is 6.96. The van der Waals surface area contributed by atoms with Crippen molar-refractivity contribution >= 4 is 0 Å². The number of benzene rings is 1. The van der Waals surface area contributed by atoms with E-state index in [-0.39, 0.29) is 10.8 Å². The molecule has 0 saturated carbocycles. The maximum absolute atomic E-state index is 10.7. The fraction of sp³-hybridized carbons (Fsp3) is 0.600. The summed E-state index contributed by atoms with van der Waals surface area (Å²) in [5, 5.41) is 10.7. The highest BCUT2D eigenvalue weighted by Crippen LogP contribution is 2.39. The molecule has 0 radical (unpaired) electrons. The number of rotatable bonds is 4. The summed E-state index contributed by atoms with van der Waals surface area (Å²) in [4.78, 5) is 0. The maximum Gasteiger partial charge on any atom is 0.123 e. The van der Waals surface area contributed by atoms with Gasteiger partial charge in [-0.2, -0.15) is 0 Å². The lowest BCUT2D eigenvalue weighted by Crippen LogP contribution is -2.19. The van der Waals surface area contributed by atoms with Crippen LogP contribution in [-0.2, 0) is 10.8 Å². The highest BCUT2D eigenvalue weighted by molar-refractivity contribution is 5.47. The minimum Gasteiger partial charge on any atom is -0.507 e. The molecule has 1 aromatic rings. The molecule has 1 aromatic carbocycles. The molecule has 1 heteroatoms. The number of hydrogen-bond acceptors (Lipinski definition) is 1. The second kappa shape index (κ2) is 7.03. The van der Waals surface area contributed by atoms with Crippen LogP contribution in [0, 0.1) is 11.8 Å². The second-order valence-electron chi connectivity index (χ2n) is 7.47. The highest BCUT2D eigenvalue weighted by atomic mass is 16.3. The van der Waals surface area contributed by atoms with Gasteiger partial charge in [-0.05, 0) is 17.4 Å². The third-order valence-corrected chi connectivity index (χ3v) is 3.88. The summed E-state index contributed by atoms with van der Waals surface area (Å²) in [6.07, 6.45) is 4.10. The fourth-order valence-electron chi connectivity index (χ4n) is 2.43. The fourth-order valence-corrected chi connectivity index (χ4v) is 2.43. The van der Waals surface area contributed by atoms with Gasteiger partial charge in [0.25, 0.3) is 0 Å². The number of phenols is 1. The van der Waals surface area contributed by atoms with Gasteiger partial charge in [0.1, 0.15) is 5.75 Å². The molecule has 0 unspecified atom stereocenters. The lowest BCUT2D eigenvalue weighted by molar-refractivity contribution is 0.417. The van der Waals surface area contributed by atoms with Gasteiger partial charge >= 0.3 is 0 Å². The lowest BCUT2D eigenvalue weighted by Gasteiger charge is -2.28. The van der Waals surface area contributed by atoms with Crippen molar-refractivity contribution in [2.75, 3.05) is 0 Å². The normalized spacial score (nSPS) is 11.9. The van der Waals surface area contributed by atoms with Crippen LogP contribution in [0.5, 0.6) is 5.75 Å². The highest BCUT2D eigenvalue weighted by Gasteiger charge is 2.27. The molecule has 1 N–H and O–H groups in total. The summed E-state index contributed by atoms with van der Waals surface area (Å²) in [5.41, 5.74) is 1.82. The first-order valence-electron chi connectivity index (χ1n) is 7.99. The second-order valence-corrected chi connectivity index (χ2v) is 7.47. The van der Waals surface area contributed by atoms with Crippen LogP contribution in [0.2, 0.25) is 0 Å². The van der Waals surface area contributed by atoms with E-state index < -0.39 is 0 Å². The minimum absolute atomic E-state index is 0.0526. The molecule has 0 heterocycles. The van der Waals surface area contributed by atoms with Crippen molar-refractivity contribution in [3.05, 3.63) is 29.3 Å². The molecular formula is C20H30O. The molecular weight excluding hydrogens is 256 g/mol. The molecule has 0 aliphatic heterocycles. The standard InChI is InChI=1S/C20H30O/c1-7-8-9-10-11-15-20(5,6)17-14-12-13-16(18(17)21)19(2,3)4/h12-14,21H,7-9,15H2,1-6H3. The summed E-state index contributed by atoms with van der Waals surface area (Å²) >= 11 is 0. The first kappa shape index (κ1) is 17.6. The number of phenolic OH excluding ortho intramolecular Hbond substituents is 1. The molecule has 0 atom stereocenters. The van der Waals surface area contributed by atoms with Crippen LogP contribution in [0.4, 0.5) is 0 Å². The van der Waals surface area contributed by atoms with Crippen molar-refractivity contribution in [1.29, 1.82) is 0 Å². The van der Waals surface area contributed by atoms with Crippen LogP contribution in [0.25, 0.3) is 0 Å². The Morgan fingerprint density at radius 3 is 2.19 bits per heavy atom. The van der Waals surface area contributed by atoms with Gasteiger partial charge in [-0.15, -0.1) is 11.8 Å². The van der Waals surface area contributed by atoms with Crippen molar-refractivity contribution in [3.8, 4) is 17.6 Å². The Hall–Kier alpha value is -1.42. The van der Waals surface area contributed by atoms with Gasteiger partial charge in [0, 0.05) is 23.8 Å². The molecule has 0 amide bonds. The van der Waals surface area contributed by atoms with E-state index in [4.69, 9.17) is 0 Å². The lowest BCUT2D eigenvalue weighted by atomic mass is 9.77. The van der Waals surface area contributed by atoms with Crippen molar-refractivity contribution in [1.82, 2.24) is 0 Å². The molecule has 1 rings (SSSR count). The van der Waals surface area contributed by atoms with Crippen molar-refractivity contribution in [2.24, 2.45) is 0 Å². The molecule has 0 aliphatic rings. The average molecular weight is 286 g/mol. The first-order valence-corrected chi connectivity index (χ1v) is 7.99. The van der Waals surface area contributed by atoms with Crippen LogP contribution >= 0.6 is 0 Å². The quantitative estimate of drug-likeness (QED) is 0.568. The SMILES string of the molecule is CCCCC#CCC(C)(C)c1cccc(C(C)(C)C)c1O. The number of unbranched alkanes of at least 4 members (excludes halogenated alkanes) is 2. The zero-order valence-electron chi connectivity index (χ0n) is 14.5. The molecule has 0 fully saturated rings. The molecule has 1 nitrogen and oxygen atoms in total. The minimum atomic E-state index is -0.134. The van der Waals surface area contributed by atoms with Crippen LogP contribution in [-0.4, -0.2) is 5.11 Å². The number of para-hydroxylation sites is 1. The Bertz CT molecular complexity index is 521. The van der Waals surface area contributed by atoms with Crippen LogP contribution < -0.4 is 0 Å². The van der Waals surface area contributed by atoms with Crippen LogP contribution in [0.1, 0.15) is 78.4 Å². The Morgan fingerprint density at radius 2 is 1.62 bits per heavy atom. The monoisotopic (exact) mass is 286 g/mol. The summed E-state index contributed by atoms with van der Waals surface area (Å²) in [6, 6.07) is 6.09. The van der Waals surface area contributed by atoms with Gasteiger partial charge < -0.3 is 5.11 Å². The Kier molecular flexibility index (Phi) is 5.90. The Labute approximate surface area is 130 Å². The zero-order valence-corrected chi connectivity index (χ0v) is 14.5. The summed E-state index contributed by atoms with van der Waals surface area (Å²) < 4.78 is 0. The molecule has 0 aliphatic carbocycles. The zero-order chi connectivity index (χ0) is 16.1. The van der Waals surface area contributed by atoms with Crippen LogP contribution in [0.15, 0.2) is 18.2 Å². The Balaban J connectivity index is 3.00. The van der Waals surface area contributed by atoms with Crippen molar-refractivity contribution in [2.45, 2.75) is 78.1 Å². The molecule has 116 valence electrons. The molecule has 0 aromatic heterocycles. The summed E-state index contributed by atoms with van der Waals surface area (Å²) in [7, 11) is 0. The van der Waals surface area contributed by atoms with Gasteiger partial charge in [-0.25, -0.2) is 0 Å². The van der Waals surface area contributed by atoms with E-state index in [0.717, 1.165) is 30.4 Å². The van der Waals surface area contributed by atoms with E-state index in [1.54, 1.807) is 0 Å². The van der Waals surface area contributed by atoms with Gasteiger partial charge in [0.05, 0.1) is 0 Å².